The highest BCUT2D eigenvalue weighted by Gasteiger charge is 2.26. The second-order valence-corrected chi connectivity index (χ2v) is 7.12. The summed E-state index contributed by atoms with van der Waals surface area (Å²) in [4.78, 5) is 10.4. The molecule has 1 aromatic carbocycles. The van der Waals surface area contributed by atoms with Gasteiger partial charge in [-0.3, -0.25) is 0 Å². The van der Waals surface area contributed by atoms with Crippen LogP contribution in [0, 0.1) is 5.41 Å². The first-order chi connectivity index (χ1) is 12.8. The van der Waals surface area contributed by atoms with Crippen LogP contribution in [0.1, 0.15) is 37.5 Å². The molecule has 2 aromatic rings. The fourth-order valence-electron chi connectivity index (χ4n) is 3.37. The molecule has 7 heteroatoms. The van der Waals surface area contributed by atoms with Crippen molar-refractivity contribution in [1.29, 1.82) is 5.41 Å². The molecule has 140 valence electrons. The van der Waals surface area contributed by atoms with Gasteiger partial charge in [-0.05, 0) is 38.5 Å². The third-order valence-corrected chi connectivity index (χ3v) is 4.78. The highest BCUT2D eigenvalue weighted by atomic mass is 35.5. The van der Waals surface area contributed by atoms with Gasteiger partial charge in [-0.1, -0.05) is 30.3 Å². The minimum atomic E-state index is 0.203. The monoisotopic (exact) mass is 382 g/mol. The molecule has 0 spiro atoms. The first kappa shape index (κ1) is 18.9. The van der Waals surface area contributed by atoms with Crippen LogP contribution in [0.3, 0.4) is 0 Å². The lowest BCUT2D eigenvalue weighted by molar-refractivity contribution is 0.403. The molecule has 27 heavy (non-hydrogen) atoms. The number of halogens is 1. The maximum Gasteiger partial charge on any atom is 0.140 e. The number of nitrogens with two attached hydrogens (primary N) is 1. The lowest BCUT2D eigenvalue weighted by Gasteiger charge is -2.37. The van der Waals surface area contributed by atoms with Crippen LogP contribution in [0.15, 0.2) is 36.8 Å². The van der Waals surface area contributed by atoms with E-state index in [2.05, 4.69) is 46.7 Å². The fraction of sp³-hybridized carbons (Fsp3) is 0.250. The zero-order chi connectivity index (χ0) is 19.7. The molecule has 0 unspecified atom stereocenters. The highest BCUT2D eigenvalue weighted by molar-refractivity contribution is 6.32. The van der Waals surface area contributed by atoms with Crippen molar-refractivity contribution >= 4 is 40.7 Å². The summed E-state index contributed by atoms with van der Waals surface area (Å²) >= 11 is 6.41. The minimum Gasteiger partial charge on any atom is -0.383 e. The smallest absolute Gasteiger partial charge is 0.140 e. The summed E-state index contributed by atoms with van der Waals surface area (Å²) in [5, 5.41) is 11.9. The number of fused-ring (bicyclic) bond motifs is 1. The van der Waals surface area contributed by atoms with Gasteiger partial charge in [-0.25, -0.2) is 9.97 Å². The summed E-state index contributed by atoms with van der Waals surface area (Å²) < 4.78 is 0. The van der Waals surface area contributed by atoms with E-state index in [1.807, 2.05) is 18.2 Å². The summed E-state index contributed by atoms with van der Waals surface area (Å²) in [6.07, 6.45) is 3.50. The molecule has 6 nitrogen and oxygen atoms in total. The van der Waals surface area contributed by atoms with E-state index in [1.54, 1.807) is 6.92 Å². The topological polar surface area (TPSA) is 90.9 Å². The molecule has 4 N–H and O–H groups in total. The summed E-state index contributed by atoms with van der Waals surface area (Å²) in [6.45, 7) is 10.7. The van der Waals surface area contributed by atoms with Crippen LogP contribution < -0.4 is 11.1 Å². The molecule has 0 aliphatic carbocycles. The zero-order valence-corrected chi connectivity index (χ0v) is 16.4. The van der Waals surface area contributed by atoms with Crippen molar-refractivity contribution in [1.82, 2.24) is 14.9 Å². The van der Waals surface area contributed by atoms with Gasteiger partial charge in [0.15, 0.2) is 0 Å². The number of nitrogen functional groups attached to an aromatic ring is 1. The Morgan fingerprint density at radius 3 is 2.78 bits per heavy atom. The van der Waals surface area contributed by atoms with E-state index in [-0.39, 0.29) is 6.04 Å². The number of rotatable bonds is 5. The van der Waals surface area contributed by atoms with Crippen LogP contribution in [0.25, 0.3) is 11.8 Å². The molecule has 0 saturated heterocycles. The number of hydrogen-bond donors (Lipinski definition) is 3. The van der Waals surface area contributed by atoms with Gasteiger partial charge in [-0.15, -0.1) is 0 Å². The summed E-state index contributed by atoms with van der Waals surface area (Å²) in [5.74, 6) is 0.835. The minimum absolute atomic E-state index is 0.203. The Balaban J connectivity index is 1.97. The van der Waals surface area contributed by atoms with Gasteiger partial charge < -0.3 is 21.4 Å². The highest BCUT2D eigenvalue weighted by Crippen LogP contribution is 2.38. The van der Waals surface area contributed by atoms with Gasteiger partial charge >= 0.3 is 0 Å². The average molecular weight is 383 g/mol. The van der Waals surface area contributed by atoms with Gasteiger partial charge in [0.1, 0.15) is 18.0 Å². The van der Waals surface area contributed by atoms with Crippen molar-refractivity contribution in [3.8, 4) is 0 Å². The molecule has 1 aromatic heterocycles. The van der Waals surface area contributed by atoms with Crippen LogP contribution in [-0.4, -0.2) is 33.2 Å². The third kappa shape index (κ3) is 3.53. The number of hydrogen-bond acceptors (Lipinski definition) is 6. The number of anilines is 2. The lowest BCUT2D eigenvalue weighted by Crippen LogP contribution is -2.34. The van der Waals surface area contributed by atoms with Crippen LogP contribution in [0.5, 0.6) is 0 Å². The Labute approximate surface area is 164 Å². The molecule has 0 fully saturated rings. The van der Waals surface area contributed by atoms with E-state index >= 15 is 0 Å². The molecule has 0 amide bonds. The molecule has 1 aliphatic rings. The van der Waals surface area contributed by atoms with Crippen LogP contribution >= 0.6 is 11.6 Å². The first-order valence-corrected chi connectivity index (χ1v) is 9.06. The van der Waals surface area contributed by atoms with Gasteiger partial charge in [0.25, 0.3) is 0 Å². The predicted octanol–water partition coefficient (Wildman–Crippen LogP) is 4.25. The van der Waals surface area contributed by atoms with E-state index < -0.39 is 0 Å². The van der Waals surface area contributed by atoms with E-state index in [4.69, 9.17) is 22.7 Å². The fourth-order valence-corrected chi connectivity index (χ4v) is 3.66. The van der Waals surface area contributed by atoms with E-state index in [0.717, 1.165) is 22.5 Å². The molecule has 2 heterocycles. The number of benzene rings is 1. The van der Waals surface area contributed by atoms with Crippen molar-refractivity contribution in [3.63, 3.8) is 0 Å². The Morgan fingerprint density at radius 2 is 2.11 bits per heavy atom. The lowest BCUT2D eigenvalue weighted by atomic mass is 9.97. The SMILES string of the molecule is C=C1c2c(Cl)cccc2C=C(CNc2ncnc(N)c2C(C)=N)N1C(C)C. The number of aromatic nitrogens is 2. The largest absolute Gasteiger partial charge is 0.383 e. The molecule has 0 bridgehead atoms. The quantitative estimate of drug-likeness (QED) is 0.672. The standard InChI is InChI=1S/C20H23ClN6/c1-11(2)27-13(4)18-14(6-5-7-16(18)21)8-15(27)9-24-20-17(12(3)22)19(23)25-10-26-20/h5-8,10-11,22H,4,9H2,1-3H3,(H3,23,24,25,26). The van der Waals surface area contributed by atoms with Gasteiger partial charge in [-0.2, -0.15) is 0 Å². The van der Waals surface area contributed by atoms with Crippen molar-refractivity contribution in [2.24, 2.45) is 0 Å². The summed E-state index contributed by atoms with van der Waals surface area (Å²) in [5.41, 5.74) is 10.7. The van der Waals surface area contributed by atoms with Crippen molar-refractivity contribution in [3.05, 3.63) is 58.5 Å². The Bertz CT molecular complexity index is 947. The number of nitrogens with zero attached hydrogens (tertiary/aromatic N) is 3. The van der Waals surface area contributed by atoms with Crippen molar-refractivity contribution in [2.75, 3.05) is 17.6 Å². The normalized spacial score (nSPS) is 13.4. The van der Waals surface area contributed by atoms with Gasteiger partial charge in [0.2, 0.25) is 0 Å². The summed E-state index contributed by atoms with van der Waals surface area (Å²) in [7, 11) is 0. The Kier molecular flexibility index (Phi) is 5.19. The average Bonchev–Trinajstić information content (AvgIpc) is 2.59. The molecule has 0 saturated carbocycles. The maximum absolute atomic E-state index is 7.95. The zero-order valence-electron chi connectivity index (χ0n) is 15.7. The van der Waals surface area contributed by atoms with E-state index in [0.29, 0.717) is 34.5 Å². The molecular weight excluding hydrogens is 360 g/mol. The van der Waals surface area contributed by atoms with Crippen LogP contribution in [-0.2, 0) is 0 Å². The van der Waals surface area contributed by atoms with Crippen LogP contribution in [0.4, 0.5) is 11.6 Å². The first-order valence-electron chi connectivity index (χ1n) is 8.68. The van der Waals surface area contributed by atoms with E-state index in [9.17, 15) is 0 Å². The van der Waals surface area contributed by atoms with Crippen LogP contribution in [0.2, 0.25) is 5.02 Å². The Hall–Kier alpha value is -2.86. The Morgan fingerprint density at radius 1 is 1.37 bits per heavy atom. The van der Waals surface area contributed by atoms with E-state index in [1.165, 1.54) is 6.33 Å². The van der Waals surface area contributed by atoms with Crippen molar-refractivity contribution in [2.45, 2.75) is 26.8 Å². The number of nitrogens with one attached hydrogen (secondary N) is 2. The molecular formula is C20H23ClN6. The molecule has 1 aliphatic heterocycles. The second-order valence-electron chi connectivity index (χ2n) is 6.71. The predicted molar refractivity (Wildman–Crippen MR) is 113 cm³/mol. The summed E-state index contributed by atoms with van der Waals surface area (Å²) in [6, 6.07) is 6.04. The van der Waals surface area contributed by atoms with Gasteiger partial charge in [0, 0.05) is 28.7 Å². The second kappa shape index (κ2) is 7.40. The van der Waals surface area contributed by atoms with Gasteiger partial charge in [0.05, 0.1) is 17.1 Å². The molecule has 0 radical (unpaired) electrons. The molecule has 3 rings (SSSR count). The third-order valence-electron chi connectivity index (χ3n) is 4.46. The van der Waals surface area contributed by atoms with Crippen molar-refractivity contribution < 1.29 is 0 Å². The molecule has 0 atom stereocenters. The maximum atomic E-state index is 7.95.